The molecule has 0 aromatic rings. The molecule has 1 aliphatic rings. The second-order valence-corrected chi connectivity index (χ2v) is 5.74. The zero-order valence-electron chi connectivity index (χ0n) is 12.5. The molecule has 0 bridgehead atoms. The monoisotopic (exact) mass is 272 g/mol. The zero-order chi connectivity index (χ0) is 14.3. The Kier molecular flexibility index (Phi) is 7.34. The van der Waals surface area contributed by atoms with Crippen molar-refractivity contribution >= 4 is 5.91 Å². The first-order valence-corrected chi connectivity index (χ1v) is 7.16. The van der Waals surface area contributed by atoms with Crippen LogP contribution < -0.4 is 0 Å². The van der Waals surface area contributed by atoms with E-state index in [1.165, 1.54) is 6.42 Å². The Bertz CT molecular complexity index is 263. The number of aliphatic hydroxyl groups is 1. The average Bonchev–Trinajstić information content (AvgIpc) is 2.35. The summed E-state index contributed by atoms with van der Waals surface area (Å²) in [6.07, 6.45) is 1.20. The highest BCUT2D eigenvalue weighted by Crippen LogP contribution is 2.20. The summed E-state index contributed by atoms with van der Waals surface area (Å²) in [5.41, 5.74) is 0. The fraction of sp³-hybridized carbons (Fsp3) is 0.929. The molecule has 1 heterocycles. The van der Waals surface area contributed by atoms with Gasteiger partial charge >= 0.3 is 0 Å². The van der Waals surface area contributed by atoms with E-state index in [0.29, 0.717) is 38.1 Å². The maximum atomic E-state index is 12.3. The molecule has 0 radical (unpaired) electrons. The lowest BCUT2D eigenvalue weighted by atomic mass is 9.92. The van der Waals surface area contributed by atoms with Gasteiger partial charge in [-0.25, -0.2) is 0 Å². The summed E-state index contributed by atoms with van der Waals surface area (Å²) in [6, 6.07) is 0. The Morgan fingerprint density at radius 2 is 1.95 bits per heavy atom. The molecule has 19 heavy (non-hydrogen) atoms. The first-order chi connectivity index (χ1) is 9.06. The van der Waals surface area contributed by atoms with Crippen molar-refractivity contribution in [3.63, 3.8) is 0 Å². The molecular formula is C14H28N2O3. The Morgan fingerprint density at radius 3 is 2.47 bits per heavy atom. The third-order valence-electron chi connectivity index (χ3n) is 3.61. The molecule has 2 unspecified atom stereocenters. The summed E-state index contributed by atoms with van der Waals surface area (Å²) in [6.45, 7) is 8.36. The number of hydrogen-bond donors (Lipinski definition) is 1. The van der Waals surface area contributed by atoms with Gasteiger partial charge in [0.15, 0.2) is 0 Å². The maximum absolute atomic E-state index is 12.3. The summed E-state index contributed by atoms with van der Waals surface area (Å²) in [5, 5.41) is 9.04. The molecule has 5 nitrogen and oxygen atoms in total. The van der Waals surface area contributed by atoms with E-state index >= 15 is 0 Å². The van der Waals surface area contributed by atoms with Crippen LogP contribution in [-0.2, 0) is 9.53 Å². The minimum Gasteiger partial charge on any atom is -0.395 e. The zero-order valence-corrected chi connectivity index (χ0v) is 12.5. The Balaban J connectivity index is 2.45. The number of ether oxygens (including phenoxy) is 1. The molecular weight excluding hydrogens is 244 g/mol. The molecule has 2 atom stereocenters. The van der Waals surface area contributed by atoms with Crippen LogP contribution in [0.4, 0.5) is 0 Å². The highest BCUT2D eigenvalue weighted by Gasteiger charge is 2.26. The van der Waals surface area contributed by atoms with Crippen LogP contribution in [0.3, 0.4) is 0 Å². The maximum Gasteiger partial charge on any atom is 0.236 e. The number of piperidine rings is 1. The van der Waals surface area contributed by atoms with Crippen molar-refractivity contribution in [2.75, 3.05) is 53.0 Å². The molecule has 1 fully saturated rings. The molecule has 1 amide bonds. The number of aliphatic hydroxyl groups excluding tert-OH is 1. The van der Waals surface area contributed by atoms with E-state index in [-0.39, 0.29) is 12.5 Å². The lowest BCUT2D eigenvalue weighted by molar-refractivity contribution is -0.135. The van der Waals surface area contributed by atoms with Crippen LogP contribution in [0.25, 0.3) is 0 Å². The fourth-order valence-corrected chi connectivity index (χ4v) is 2.79. The standard InChI is InChI=1S/C14H28N2O3/c1-12-8-13(2)10-16(9-12)14(18)11-15(4-6-17)5-7-19-3/h12-13,17H,4-11H2,1-3H3. The van der Waals surface area contributed by atoms with Crippen molar-refractivity contribution in [1.82, 2.24) is 9.80 Å². The minimum atomic E-state index is 0.0732. The van der Waals surface area contributed by atoms with Gasteiger partial charge in [0.2, 0.25) is 5.91 Å². The third-order valence-corrected chi connectivity index (χ3v) is 3.61. The first-order valence-electron chi connectivity index (χ1n) is 7.16. The van der Waals surface area contributed by atoms with Crippen molar-refractivity contribution in [2.45, 2.75) is 20.3 Å². The van der Waals surface area contributed by atoms with E-state index in [9.17, 15) is 4.79 Å². The van der Waals surface area contributed by atoms with E-state index in [1.807, 2.05) is 9.80 Å². The molecule has 0 spiro atoms. The molecule has 1 N–H and O–H groups in total. The van der Waals surface area contributed by atoms with Crippen LogP contribution in [0.15, 0.2) is 0 Å². The summed E-state index contributed by atoms with van der Waals surface area (Å²) in [7, 11) is 1.65. The highest BCUT2D eigenvalue weighted by atomic mass is 16.5. The van der Waals surface area contributed by atoms with Crippen LogP contribution in [0, 0.1) is 11.8 Å². The number of rotatable bonds is 7. The van der Waals surface area contributed by atoms with Crippen LogP contribution in [0.2, 0.25) is 0 Å². The summed E-state index contributed by atoms with van der Waals surface area (Å²) < 4.78 is 5.03. The quantitative estimate of drug-likeness (QED) is 0.730. The number of methoxy groups -OCH3 is 1. The van der Waals surface area contributed by atoms with Crippen LogP contribution >= 0.6 is 0 Å². The number of carbonyl (C=O) groups is 1. The number of hydrogen-bond acceptors (Lipinski definition) is 4. The molecule has 0 aliphatic carbocycles. The van der Waals surface area contributed by atoms with Crippen LogP contribution in [-0.4, -0.2) is 73.9 Å². The smallest absolute Gasteiger partial charge is 0.236 e. The Hall–Kier alpha value is -0.650. The molecule has 1 rings (SSSR count). The predicted octanol–water partition coefficient (Wildman–Crippen LogP) is 0.432. The second kappa shape index (κ2) is 8.51. The lowest BCUT2D eigenvalue weighted by Crippen LogP contribution is -2.47. The van der Waals surface area contributed by atoms with E-state index in [1.54, 1.807) is 7.11 Å². The van der Waals surface area contributed by atoms with E-state index < -0.39 is 0 Å². The molecule has 0 aromatic heterocycles. The minimum absolute atomic E-state index is 0.0732. The SMILES string of the molecule is COCCN(CCO)CC(=O)N1CC(C)CC(C)C1. The van der Waals surface area contributed by atoms with Gasteiger partial charge in [-0.1, -0.05) is 13.8 Å². The first kappa shape index (κ1) is 16.4. The Labute approximate surface area is 116 Å². The molecule has 1 saturated heterocycles. The van der Waals surface area contributed by atoms with Gasteiger partial charge in [0.1, 0.15) is 0 Å². The van der Waals surface area contributed by atoms with E-state index in [2.05, 4.69) is 13.8 Å². The van der Waals surface area contributed by atoms with Gasteiger partial charge in [-0.2, -0.15) is 0 Å². The second-order valence-electron chi connectivity index (χ2n) is 5.74. The van der Waals surface area contributed by atoms with Crippen molar-refractivity contribution in [1.29, 1.82) is 0 Å². The molecule has 0 aromatic carbocycles. The largest absolute Gasteiger partial charge is 0.395 e. The topological polar surface area (TPSA) is 53.0 Å². The lowest BCUT2D eigenvalue weighted by Gasteiger charge is -2.36. The van der Waals surface area contributed by atoms with Crippen molar-refractivity contribution < 1.29 is 14.6 Å². The highest BCUT2D eigenvalue weighted by molar-refractivity contribution is 5.78. The van der Waals surface area contributed by atoms with E-state index in [0.717, 1.165) is 13.1 Å². The van der Waals surface area contributed by atoms with Gasteiger partial charge in [-0.05, 0) is 18.3 Å². The fourth-order valence-electron chi connectivity index (χ4n) is 2.79. The number of likely N-dealkylation sites (tertiary alicyclic amines) is 1. The summed E-state index contributed by atoms with van der Waals surface area (Å²) in [4.78, 5) is 16.2. The summed E-state index contributed by atoms with van der Waals surface area (Å²) >= 11 is 0. The molecule has 1 aliphatic heterocycles. The van der Waals surface area contributed by atoms with Gasteiger partial charge in [0.25, 0.3) is 0 Å². The number of amides is 1. The average molecular weight is 272 g/mol. The molecule has 5 heteroatoms. The van der Waals surface area contributed by atoms with Gasteiger partial charge in [0, 0.05) is 33.3 Å². The normalized spacial score (nSPS) is 23.9. The van der Waals surface area contributed by atoms with Gasteiger partial charge in [0.05, 0.1) is 19.8 Å². The Morgan fingerprint density at radius 1 is 1.32 bits per heavy atom. The van der Waals surface area contributed by atoms with Crippen molar-refractivity contribution in [3.05, 3.63) is 0 Å². The van der Waals surface area contributed by atoms with Crippen LogP contribution in [0.5, 0.6) is 0 Å². The van der Waals surface area contributed by atoms with Crippen molar-refractivity contribution in [2.24, 2.45) is 11.8 Å². The van der Waals surface area contributed by atoms with Gasteiger partial charge < -0.3 is 14.7 Å². The number of nitrogens with zero attached hydrogens (tertiary/aromatic N) is 2. The molecule has 112 valence electrons. The predicted molar refractivity (Wildman–Crippen MR) is 74.9 cm³/mol. The number of carbonyl (C=O) groups excluding carboxylic acids is 1. The van der Waals surface area contributed by atoms with Gasteiger partial charge in [-0.15, -0.1) is 0 Å². The van der Waals surface area contributed by atoms with Crippen molar-refractivity contribution in [3.8, 4) is 0 Å². The summed E-state index contributed by atoms with van der Waals surface area (Å²) in [5.74, 6) is 1.33. The third kappa shape index (κ3) is 5.89. The molecule has 0 saturated carbocycles. The van der Waals surface area contributed by atoms with Crippen LogP contribution in [0.1, 0.15) is 20.3 Å². The van der Waals surface area contributed by atoms with E-state index in [4.69, 9.17) is 9.84 Å². The van der Waals surface area contributed by atoms with Gasteiger partial charge in [-0.3, -0.25) is 9.69 Å².